The van der Waals surface area contributed by atoms with Gasteiger partial charge in [-0.05, 0) is 26.3 Å². The van der Waals surface area contributed by atoms with E-state index in [1.165, 1.54) is 25.3 Å². The molecule has 0 bridgehead atoms. The summed E-state index contributed by atoms with van der Waals surface area (Å²) < 4.78 is 0. The molecule has 1 saturated heterocycles. The molecule has 1 aromatic rings. The van der Waals surface area contributed by atoms with Crippen LogP contribution in [0.1, 0.15) is 31.9 Å². The summed E-state index contributed by atoms with van der Waals surface area (Å²) in [7, 11) is 0. The maximum atomic E-state index is 11.1. The lowest BCUT2D eigenvalue weighted by Crippen LogP contribution is -2.38. The summed E-state index contributed by atoms with van der Waals surface area (Å²) in [5.41, 5.74) is -0.0573. The molecule has 1 aliphatic heterocycles. The number of piperidine rings is 1. The zero-order valence-corrected chi connectivity index (χ0v) is 9.45. The predicted octanol–water partition coefficient (Wildman–Crippen LogP) is 0.438. The summed E-state index contributed by atoms with van der Waals surface area (Å²) in [6.07, 6.45) is 3.65. The van der Waals surface area contributed by atoms with Crippen LogP contribution < -0.4 is 11.2 Å². The molecule has 1 aromatic heterocycles. The minimum atomic E-state index is -0.424. The highest BCUT2D eigenvalue weighted by Crippen LogP contribution is 2.17. The van der Waals surface area contributed by atoms with Gasteiger partial charge in [-0.1, -0.05) is 6.42 Å². The zero-order valence-electron chi connectivity index (χ0n) is 9.45. The molecule has 1 fully saturated rings. The molecule has 5 nitrogen and oxygen atoms in total. The summed E-state index contributed by atoms with van der Waals surface area (Å²) >= 11 is 0. The summed E-state index contributed by atoms with van der Waals surface area (Å²) in [5, 5.41) is 0. The first kappa shape index (κ1) is 11.1. The molecule has 16 heavy (non-hydrogen) atoms. The van der Waals surface area contributed by atoms with Gasteiger partial charge in [0.15, 0.2) is 0 Å². The highest BCUT2D eigenvalue weighted by molar-refractivity contribution is 4.99. The van der Waals surface area contributed by atoms with Gasteiger partial charge in [-0.3, -0.25) is 14.7 Å². The van der Waals surface area contributed by atoms with Gasteiger partial charge in [-0.25, -0.2) is 4.79 Å². The van der Waals surface area contributed by atoms with Crippen LogP contribution >= 0.6 is 0 Å². The van der Waals surface area contributed by atoms with E-state index in [4.69, 9.17) is 0 Å². The lowest BCUT2D eigenvalue weighted by atomic mass is 10.0. The number of rotatable bonds is 2. The van der Waals surface area contributed by atoms with E-state index in [2.05, 4.69) is 21.8 Å². The van der Waals surface area contributed by atoms with Gasteiger partial charge >= 0.3 is 5.69 Å². The van der Waals surface area contributed by atoms with Gasteiger partial charge in [-0.15, -0.1) is 0 Å². The maximum Gasteiger partial charge on any atom is 0.325 e. The van der Waals surface area contributed by atoms with E-state index in [1.807, 2.05) is 0 Å². The van der Waals surface area contributed by atoms with Crippen molar-refractivity contribution in [3.63, 3.8) is 0 Å². The van der Waals surface area contributed by atoms with Crippen molar-refractivity contribution in [1.82, 2.24) is 14.9 Å². The summed E-state index contributed by atoms with van der Waals surface area (Å²) in [4.78, 5) is 29.4. The smallest absolute Gasteiger partial charge is 0.310 e. The molecule has 2 rings (SSSR count). The number of nitrogens with zero attached hydrogens (tertiary/aromatic N) is 1. The number of hydrogen-bond donors (Lipinski definition) is 2. The van der Waals surface area contributed by atoms with Gasteiger partial charge in [0.05, 0.1) is 0 Å². The minimum absolute atomic E-state index is 0.330. The molecule has 0 unspecified atom stereocenters. The predicted molar refractivity (Wildman–Crippen MR) is 61.4 cm³/mol. The van der Waals surface area contributed by atoms with E-state index < -0.39 is 5.69 Å². The van der Waals surface area contributed by atoms with Crippen molar-refractivity contribution < 1.29 is 0 Å². The Bertz CT molecular complexity index is 435. The summed E-state index contributed by atoms with van der Waals surface area (Å²) in [6.45, 7) is 3.88. The molecular weight excluding hydrogens is 206 g/mol. The maximum absolute atomic E-state index is 11.1. The Kier molecular flexibility index (Phi) is 3.24. The van der Waals surface area contributed by atoms with E-state index in [0.29, 0.717) is 18.3 Å². The molecule has 0 saturated carbocycles. The SMILES string of the molecule is C[C@H]1CCCCN1Cc1cc(=O)[nH]c(=O)[nH]1. The van der Waals surface area contributed by atoms with E-state index in [-0.39, 0.29) is 5.56 Å². The van der Waals surface area contributed by atoms with Crippen molar-refractivity contribution in [3.05, 3.63) is 32.6 Å². The highest BCUT2D eigenvalue weighted by atomic mass is 16.2. The second kappa shape index (κ2) is 4.65. The van der Waals surface area contributed by atoms with Gasteiger partial charge in [0.1, 0.15) is 0 Å². The van der Waals surface area contributed by atoms with E-state index in [9.17, 15) is 9.59 Å². The van der Waals surface area contributed by atoms with Gasteiger partial charge in [0.25, 0.3) is 5.56 Å². The number of nitrogens with one attached hydrogen (secondary N) is 2. The van der Waals surface area contributed by atoms with Crippen molar-refractivity contribution >= 4 is 0 Å². The van der Waals surface area contributed by atoms with Gasteiger partial charge in [0.2, 0.25) is 0 Å². The van der Waals surface area contributed by atoms with Crippen LogP contribution in [0.2, 0.25) is 0 Å². The first-order valence-electron chi connectivity index (χ1n) is 5.72. The molecule has 2 heterocycles. The number of likely N-dealkylation sites (tertiary alicyclic amines) is 1. The topological polar surface area (TPSA) is 69.0 Å². The van der Waals surface area contributed by atoms with E-state index in [0.717, 1.165) is 6.54 Å². The molecule has 1 aliphatic rings. The summed E-state index contributed by atoms with van der Waals surface area (Å²) in [5.74, 6) is 0. The second-order valence-corrected chi connectivity index (χ2v) is 4.43. The fourth-order valence-electron chi connectivity index (χ4n) is 2.22. The molecular formula is C11H17N3O2. The normalized spacial score (nSPS) is 22.2. The van der Waals surface area contributed by atoms with Crippen LogP contribution in [0, 0.1) is 0 Å². The third kappa shape index (κ3) is 2.61. The van der Waals surface area contributed by atoms with Crippen molar-refractivity contribution in [2.24, 2.45) is 0 Å². The molecule has 0 amide bonds. The van der Waals surface area contributed by atoms with Crippen LogP contribution in [0.25, 0.3) is 0 Å². The number of H-pyrrole nitrogens is 2. The third-order valence-electron chi connectivity index (χ3n) is 3.13. The van der Waals surface area contributed by atoms with Gasteiger partial charge < -0.3 is 4.98 Å². The van der Waals surface area contributed by atoms with Crippen LogP contribution in [0.15, 0.2) is 15.7 Å². The standard InChI is InChI=1S/C11H17N3O2/c1-8-4-2-3-5-14(8)7-9-6-10(15)13-11(16)12-9/h6,8H,2-5,7H2,1H3,(H2,12,13,15,16)/t8-/m0/s1. The number of aromatic nitrogens is 2. The fraction of sp³-hybridized carbons (Fsp3) is 0.636. The average molecular weight is 223 g/mol. The first-order valence-corrected chi connectivity index (χ1v) is 5.72. The molecule has 5 heteroatoms. The largest absolute Gasteiger partial charge is 0.325 e. The number of aromatic amines is 2. The van der Waals surface area contributed by atoms with E-state index in [1.54, 1.807) is 0 Å². The van der Waals surface area contributed by atoms with Crippen molar-refractivity contribution in [2.75, 3.05) is 6.54 Å². The van der Waals surface area contributed by atoms with Gasteiger partial charge in [0, 0.05) is 24.3 Å². The lowest BCUT2D eigenvalue weighted by molar-refractivity contribution is 0.150. The Balaban J connectivity index is 2.13. The Hall–Kier alpha value is -1.36. The van der Waals surface area contributed by atoms with Crippen LogP contribution in [-0.4, -0.2) is 27.5 Å². The molecule has 0 spiro atoms. The van der Waals surface area contributed by atoms with Crippen LogP contribution in [0.3, 0.4) is 0 Å². The Morgan fingerprint density at radius 1 is 1.38 bits per heavy atom. The van der Waals surface area contributed by atoms with Gasteiger partial charge in [-0.2, -0.15) is 0 Å². The average Bonchev–Trinajstić information content (AvgIpc) is 2.20. The molecule has 88 valence electrons. The highest BCUT2D eigenvalue weighted by Gasteiger charge is 2.18. The van der Waals surface area contributed by atoms with Crippen molar-refractivity contribution in [3.8, 4) is 0 Å². The molecule has 0 aromatic carbocycles. The van der Waals surface area contributed by atoms with Crippen molar-refractivity contribution in [2.45, 2.75) is 38.8 Å². The second-order valence-electron chi connectivity index (χ2n) is 4.43. The third-order valence-corrected chi connectivity index (χ3v) is 3.13. The fourth-order valence-corrected chi connectivity index (χ4v) is 2.22. The lowest BCUT2D eigenvalue weighted by Gasteiger charge is -2.32. The van der Waals surface area contributed by atoms with Crippen molar-refractivity contribution in [1.29, 1.82) is 0 Å². The Labute approximate surface area is 93.5 Å². The molecule has 2 N–H and O–H groups in total. The monoisotopic (exact) mass is 223 g/mol. The van der Waals surface area contributed by atoms with E-state index >= 15 is 0 Å². The Morgan fingerprint density at radius 2 is 2.19 bits per heavy atom. The molecule has 1 atom stereocenters. The minimum Gasteiger partial charge on any atom is -0.310 e. The quantitative estimate of drug-likeness (QED) is 0.764. The van der Waals surface area contributed by atoms with Crippen LogP contribution in [-0.2, 0) is 6.54 Å². The molecule has 0 radical (unpaired) electrons. The summed E-state index contributed by atoms with van der Waals surface area (Å²) in [6, 6.07) is 1.99. The number of hydrogen-bond acceptors (Lipinski definition) is 3. The van der Waals surface area contributed by atoms with Crippen LogP contribution in [0.4, 0.5) is 0 Å². The first-order chi connectivity index (χ1) is 7.65. The molecule has 0 aliphatic carbocycles. The van der Waals surface area contributed by atoms with Crippen LogP contribution in [0.5, 0.6) is 0 Å². The zero-order chi connectivity index (χ0) is 11.5. The Morgan fingerprint density at radius 3 is 2.88 bits per heavy atom.